The molecule has 0 fully saturated rings. The van der Waals surface area contributed by atoms with Gasteiger partial charge in [-0.2, -0.15) is 0 Å². The second-order valence-electron chi connectivity index (χ2n) is 7.32. The Kier molecular flexibility index (Phi) is 6.37. The lowest BCUT2D eigenvalue weighted by Crippen LogP contribution is -2.21. The summed E-state index contributed by atoms with van der Waals surface area (Å²) in [6.45, 7) is 8.14. The van der Waals surface area contributed by atoms with Crippen molar-refractivity contribution in [3.8, 4) is 0 Å². The summed E-state index contributed by atoms with van der Waals surface area (Å²) in [5, 5.41) is 3.32. The van der Waals surface area contributed by atoms with Crippen molar-refractivity contribution in [2.24, 2.45) is 5.41 Å². The van der Waals surface area contributed by atoms with Gasteiger partial charge in [-0.3, -0.25) is 0 Å². The van der Waals surface area contributed by atoms with E-state index in [1.54, 1.807) is 0 Å². The van der Waals surface area contributed by atoms with E-state index in [4.69, 9.17) is 4.74 Å². The number of benzene rings is 2. The molecule has 2 aromatic rings. The van der Waals surface area contributed by atoms with Crippen molar-refractivity contribution < 1.29 is 4.74 Å². The highest BCUT2D eigenvalue weighted by atomic mass is 16.5. The van der Waals surface area contributed by atoms with Gasteiger partial charge in [0.15, 0.2) is 0 Å². The van der Waals surface area contributed by atoms with E-state index in [2.05, 4.69) is 74.6 Å². The lowest BCUT2D eigenvalue weighted by Gasteiger charge is -2.19. The minimum Gasteiger partial charge on any atom is -0.375 e. The van der Waals surface area contributed by atoms with Crippen molar-refractivity contribution in [3.05, 3.63) is 71.3 Å². The Bertz CT molecular complexity index is 586. The zero-order chi connectivity index (χ0) is 16.7. The summed E-state index contributed by atoms with van der Waals surface area (Å²) in [7, 11) is 1.98. The SMILES string of the molecule is CNC(COCc1cccc(CC(C)(C)C)c1)c1ccccc1. The molecule has 0 aliphatic carbocycles. The van der Waals surface area contributed by atoms with E-state index in [9.17, 15) is 0 Å². The number of ether oxygens (including phenoxy) is 1. The van der Waals surface area contributed by atoms with Gasteiger partial charge in [0.2, 0.25) is 0 Å². The molecule has 124 valence electrons. The second-order valence-corrected chi connectivity index (χ2v) is 7.32. The van der Waals surface area contributed by atoms with Crippen LogP contribution >= 0.6 is 0 Å². The van der Waals surface area contributed by atoms with Crippen molar-refractivity contribution in [2.45, 2.75) is 39.8 Å². The molecule has 0 heterocycles. The average molecular weight is 311 g/mol. The molecule has 1 N–H and O–H groups in total. The van der Waals surface area contributed by atoms with Crippen molar-refractivity contribution in [2.75, 3.05) is 13.7 Å². The molecule has 0 aromatic heterocycles. The van der Waals surface area contributed by atoms with Crippen LogP contribution in [0.4, 0.5) is 0 Å². The fraction of sp³-hybridized carbons (Fsp3) is 0.429. The van der Waals surface area contributed by atoms with E-state index in [-0.39, 0.29) is 6.04 Å². The van der Waals surface area contributed by atoms with Crippen LogP contribution in [0.15, 0.2) is 54.6 Å². The minimum atomic E-state index is 0.231. The summed E-state index contributed by atoms with van der Waals surface area (Å²) < 4.78 is 5.95. The maximum atomic E-state index is 5.95. The van der Waals surface area contributed by atoms with E-state index in [0.29, 0.717) is 18.6 Å². The summed E-state index contributed by atoms with van der Waals surface area (Å²) in [6.07, 6.45) is 1.09. The van der Waals surface area contributed by atoms with Gasteiger partial charge in [-0.05, 0) is 35.6 Å². The van der Waals surface area contributed by atoms with Crippen LogP contribution in [0, 0.1) is 5.41 Å². The summed E-state index contributed by atoms with van der Waals surface area (Å²) in [5.74, 6) is 0. The van der Waals surface area contributed by atoms with E-state index < -0.39 is 0 Å². The normalized spacial score (nSPS) is 13.0. The second kappa shape index (κ2) is 8.28. The van der Waals surface area contributed by atoms with Gasteiger partial charge in [-0.1, -0.05) is 75.4 Å². The van der Waals surface area contributed by atoms with E-state index in [1.165, 1.54) is 16.7 Å². The van der Waals surface area contributed by atoms with Crippen LogP contribution in [0.2, 0.25) is 0 Å². The van der Waals surface area contributed by atoms with E-state index in [1.807, 2.05) is 13.1 Å². The summed E-state index contributed by atoms with van der Waals surface area (Å²) in [4.78, 5) is 0. The van der Waals surface area contributed by atoms with Crippen molar-refractivity contribution in [1.82, 2.24) is 5.32 Å². The molecule has 1 atom stereocenters. The third kappa shape index (κ3) is 6.17. The maximum Gasteiger partial charge on any atom is 0.0717 e. The summed E-state index contributed by atoms with van der Waals surface area (Å²) in [6, 6.07) is 19.4. The van der Waals surface area contributed by atoms with Crippen LogP contribution in [0.1, 0.15) is 43.5 Å². The molecule has 0 bridgehead atoms. The molecule has 0 radical (unpaired) electrons. The van der Waals surface area contributed by atoms with Gasteiger partial charge in [-0.15, -0.1) is 0 Å². The molecule has 0 spiro atoms. The first-order valence-corrected chi connectivity index (χ1v) is 8.36. The number of likely N-dealkylation sites (N-methyl/N-ethyl adjacent to an activating group) is 1. The molecular formula is C21H29NO. The zero-order valence-corrected chi connectivity index (χ0v) is 14.8. The molecule has 2 nitrogen and oxygen atoms in total. The zero-order valence-electron chi connectivity index (χ0n) is 14.8. The Morgan fingerprint density at radius 2 is 1.65 bits per heavy atom. The first-order valence-electron chi connectivity index (χ1n) is 8.36. The lowest BCUT2D eigenvalue weighted by molar-refractivity contribution is 0.101. The Hall–Kier alpha value is -1.64. The molecule has 2 aromatic carbocycles. The molecule has 0 aliphatic heterocycles. The largest absolute Gasteiger partial charge is 0.375 e. The van der Waals surface area contributed by atoms with Gasteiger partial charge < -0.3 is 10.1 Å². The summed E-state index contributed by atoms with van der Waals surface area (Å²) >= 11 is 0. The third-order valence-corrected chi connectivity index (χ3v) is 3.83. The Labute approximate surface area is 140 Å². The molecule has 0 saturated carbocycles. The topological polar surface area (TPSA) is 21.3 Å². The molecule has 1 unspecified atom stereocenters. The highest BCUT2D eigenvalue weighted by Crippen LogP contribution is 2.21. The first-order chi connectivity index (χ1) is 11.0. The van der Waals surface area contributed by atoms with Gasteiger partial charge in [0.25, 0.3) is 0 Å². The van der Waals surface area contributed by atoms with Crippen LogP contribution in [0.25, 0.3) is 0 Å². The molecule has 0 aliphatic rings. The molecular weight excluding hydrogens is 282 g/mol. The Morgan fingerprint density at radius 1 is 0.957 bits per heavy atom. The predicted octanol–water partition coefficient (Wildman–Crippen LogP) is 4.75. The molecule has 2 heteroatoms. The smallest absolute Gasteiger partial charge is 0.0717 e. The molecule has 2 rings (SSSR count). The highest BCUT2D eigenvalue weighted by Gasteiger charge is 2.12. The van der Waals surface area contributed by atoms with Gasteiger partial charge >= 0.3 is 0 Å². The molecule has 0 amide bonds. The number of rotatable bonds is 7. The lowest BCUT2D eigenvalue weighted by atomic mass is 9.88. The monoisotopic (exact) mass is 311 g/mol. The van der Waals surface area contributed by atoms with Crippen LogP contribution in [-0.2, 0) is 17.8 Å². The van der Waals surface area contributed by atoms with E-state index >= 15 is 0 Å². The van der Waals surface area contributed by atoms with E-state index in [0.717, 1.165) is 6.42 Å². The first kappa shape index (κ1) is 17.7. The number of nitrogens with one attached hydrogen (secondary N) is 1. The summed E-state index contributed by atoms with van der Waals surface area (Å²) in [5.41, 5.74) is 4.20. The fourth-order valence-electron chi connectivity index (χ4n) is 2.77. The quantitative estimate of drug-likeness (QED) is 0.796. The van der Waals surface area contributed by atoms with Gasteiger partial charge in [0, 0.05) is 0 Å². The van der Waals surface area contributed by atoms with Crippen LogP contribution in [0.5, 0.6) is 0 Å². The molecule has 23 heavy (non-hydrogen) atoms. The van der Waals surface area contributed by atoms with Crippen LogP contribution < -0.4 is 5.32 Å². The van der Waals surface area contributed by atoms with Gasteiger partial charge in [-0.25, -0.2) is 0 Å². The standard InChI is InChI=1S/C21H29NO/c1-21(2,3)14-17-9-8-10-18(13-17)15-23-16-20(22-4)19-11-6-5-7-12-19/h5-13,20,22H,14-16H2,1-4H3. The van der Waals surface area contributed by atoms with Crippen molar-refractivity contribution in [3.63, 3.8) is 0 Å². The Morgan fingerprint density at radius 3 is 2.30 bits per heavy atom. The minimum absolute atomic E-state index is 0.231. The highest BCUT2D eigenvalue weighted by molar-refractivity contribution is 5.24. The van der Waals surface area contributed by atoms with Gasteiger partial charge in [0.05, 0.1) is 19.3 Å². The predicted molar refractivity (Wildman–Crippen MR) is 97.5 cm³/mol. The fourth-order valence-corrected chi connectivity index (χ4v) is 2.77. The van der Waals surface area contributed by atoms with Crippen molar-refractivity contribution in [1.29, 1.82) is 0 Å². The maximum absolute atomic E-state index is 5.95. The molecule has 0 saturated heterocycles. The third-order valence-electron chi connectivity index (χ3n) is 3.83. The number of hydrogen-bond acceptors (Lipinski definition) is 2. The van der Waals surface area contributed by atoms with Gasteiger partial charge in [0.1, 0.15) is 0 Å². The van der Waals surface area contributed by atoms with Crippen molar-refractivity contribution >= 4 is 0 Å². The van der Waals surface area contributed by atoms with Crippen LogP contribution in [-0.4, -0.2) is 13.7 Å². The number of hydrogen-bond donors (Lipinski definition) is 1. The Balaban J connectivity index is 1.89. The van der Waals surface area contributed by atoms with Crippen LogP contribution in [0.3, 0.4) is 0 Å². The average Bonchev–Trinajstić information content (AvgIpc) is 2.51.